The highest BCUT2D eigenvalue weighted by Crippen LogP contribution is 2.40. The minimum Gasteiger partial charge on any atom is -0.437 e. The Labute approximate surface area is 195 Å². The summed E-state index contributed by atoms with van der Waals surface area (Å²) in [5.74, 6) is -4.43. The van der Waals surface area contributed by atoms with Gasteiger partial charge >= 0.3 is 6.18 Å². The van der Waals surface area contributed by atoms with E-state index in [9.17, 15) is 35.2 Å². The van der Waals surface area contributed by atoms with Gasteiger partial charge in [-0.05, 0) is 54.4 Å². The average Bonchev–Trinajstić information content (AvgIpc) is 2.70. The van der Waals surface area contributed by atoms with Crippen molar-refractivity contribution in [2.45, 2.75) is 13.1 Å². The Kier molecular flexibility index (Phi) is 6.85. The van der Waals surface area contributed by atoms with Crippen LogP contribution in [0.25, 0.3) is 11.1 Å². The molecule has 2 aromatic carbocycles. The lowest BCUT2D eigenvalue weighted by molar-refractivity contribution is -0.138. The third-order valence-corrected chi connectivity index (χ3v) is 5.24. The highest BCUT2D eigenvalue weighted by atomic mass is 35.5. The van der Waals surface area contributed by atoms with Gasteiger partial charge in [0.1, 0.15) is 28.0 Å². The van der Waals surface area contributed by atoms with Gasteiger partial charge in [0, 0.05) is 11.8 Å². The molecule has 3 aromatic rings. The summed E-state index contributed by atoms with van der Waals surface area (Å²) in [5.41, 5.74) is -1.06. The molecule has 1 N–H and O–H groups in total. The van der Waals surface area contributed by atoms with Gasteiger partial charge < -0.3 is 4.74 Å². The quantitative estimate of drug-likeness (QED) is 0.450. The second kappa shape index (κ2) is 9.18. The van der Waals surface area contributed by atoms with E-state index in [0.717, 1.165) is 36.7 Å². The number of benzene rings is 2. The molecule has 13 heteroatoms. The zero-order valence-corrected chi connectivity index (χ0v) is 18.9. The molecule has 0 fully saturated rings. The number of aryl methyl sites for hydroxylation is 1. The third-order valence-electron chi connectivity index (χ3n) is 4.41. The standard InChI is InChI=1S/C21H14ClF5N2O4S/c1-10-5-14(19(30)29-34(2,31)32)17(24)8-13(10)11-6-16(22)20(28-9-11)33-18-4-3-12(23)7-15(18)21(25,26)27/h3-9H,1-2H3,(H,29,30). The van der Waals surface area contributed by atoms with Crippen molar-refractivity contribution in [3.05, 3.63) is 75.9 Å². The number of aromatic nitrogens is 1. The average molecular weight is 521 g/mol. The number of carbonyl (C=O) groups excluding carboxylic acids is 1. The summed E-state index contributed by atoms with van der Waals surface area (Å²) < 4.78 is 96.6. The van der Waals surface area contributed by atoms with Gasteiger partial charge in [-0.25, -0.2) is 26.9 Å². The summed E-state index contributed by atoms with van der Waals surface area (Å²) in [5, 5.41) is -0.228. The molecular formula is C21H14ClF5N2O4S. The number of nitrogens with zero attached hydrogens (tertiary/aromatic N) is 1. The summed E-state index contributed by atoms with van der Waals surface area (Å²) in [6.45, 7) is 1.51. The smallest absolute Gasteiger partial charge is 0.420 e. The number of sulfonamides is 1. The van der Waals surface area contributed by atoms with Crippen LogP contribution in [0.5, 0.6) is 11.6 Å². The minimum atomic E-state index is -4.90. The molecule has 180 valence electrons. The van der Waals surface area contributed by atoms with Crippen LogP contribution in [0.2, 0.25) is 5.02 Å². The van der Waals surface area contributed by atoms with Crippen LogP contribution < -0.4 is 9.46 Å². The number of pyridine rings is 1. The second-order valence-electron chi connectivity index (χ2n) is 7.10. The van der Waals surface area contributed by atoms with Gasteiger partial charge in [-0.3, -0.25) is 4.79 Å². The lowest BCUT2D eigenvalue weighted by Crippen LogP contribution is -2.30. The first-order valence-electron chi connectivity index (χ1n) is 9.18. The van der Waals surface area contributed by atoms with Crippen LogP contribution in [0.4, 0.5) is 22.0 Å². The molecule has 0 saturated heterocycles. The number of hydrogen-bond donors (Lipinski definition) is 1. The van der Waals surface area contributed by atoms with Crippen molar-refractivity contribution in [2.75, 3.05) is 6.26 Å². The summed E-state index contributed by atoms with van der Waals surface area (Å²) in [4.78, 5) is 15.9. The summed E-state index contributed by atoms with van der Waals surface area (Å²) in [6, 6.07) is 5.16. The van der Waals surface area contributed by atoms with Crippen molar-refractivity contribution in [3.8, 4) is 22.8 Å². The first-order valence-corrected chi connectivity index (χ1v) is 11.5. The van der Waals surface area contributed by atoms with E-state index in [1.54, 1.807) is 4.72 Å². The molecule has 0 aliphatic heterocycles. The zero-order valence-electron chi connectivity index (χ0n) is 17.3. The fourth-order valence-electron chi connectivity index (χ4n) is 2.95. The predicted molar refractivity (Wildman–Crippen MR) is 113 cm³/mol. The molecule has 0 aliphatic rings. The summed E-state index contributed by atoms with van der Waals surface area (Å²) in [6.07, 6.45) is -3.01. The van der Waals surface area contributed by atoms with E-state index < -0.39 is 56.5 Å². The Morgan fingerprint density at radius 3 is 2.38 bits per heavy atom. The van der Waals surface area contributed by atoms with Crippen molar-refractivity contribution >= 4 is 27.5 Å². The number of halogens is 6. The van der Waals surface area contributed by atoms with Crippen LogP contribution in [0.3, 0.4) is 0 Å². The van der Waals surface area contributed by atoms with E-state index in [1.807, 2.05) is 0 Å². The molecule has 1 heterocycles. The minimum absolute atomic E-state index is 0.228. The molecule has 1 aromatic heterocycles. The van der Waals surface area contributed by atoms with E-state index in [4.69, 9.17) is 16.3 Å². The number of rotatable bonds is 5. The molecule has 0 saturated carbocycles. The maximum atomic E-state index is 14.5. The fourth-order valence-corrected chi connectivity index (χ4v) is 3.61. The molecular weight excluding hydrogens is 507 g/mol. The third kappa shape index (κ3) is 5.81. The molecule has 0 spiro atoms. The van der Waals surface area contributed by atoms with Crippen molar-refractivity contribution < 1.29 is 39.9 Å². The molecule has 0 aliphatic carbocycles. The van der Waals surface area contributed by atoms with Gasteiger partial charge in [0.2, 0.25) is 15.9 Å². The van der Waals surface area contributed by atoms with E-state index in [0.29, 0.717) is 5.56 Å². The Morgan fingerprint density at radius 2 is 1.79 bits per heavy atom. The highest BCUT2D eigenvalue weighted by Gasteiger charge is 2.35. The summed E-state index contributed by atoms with van der Waals surface area (Å²) in [7, 11) is -3.91. The predicted octanol–water partition coefficient (Wildman–Crippen LogP) is 5.49. The monoisotopic (exact) mass is 520 g/mol. The van der Waals surface area contributed by atoms with Crippen LogP contribution in [0.15, 0.2) is 42.6 Å². The Balaban J connectivity index is 1.95. The van der Waals surface area contributed by atoms with E-state index in [1.165, 1.54) is 13.0 Å². The zero-order chi connectivity index (χ0) is 25.4. The number of carbonyl (C=O) groups is 1. The van der Waals surface area contributed by atoms with E-state index in [2.05, 4.69) is 4.98 Å². The van der Waals surface area contributed by atoms with Gasteiger partial charge in [0.15, 0.2) is 0 Å². The maximum Gasteiger partial charge on any atom is 0.420 e. The van der Waals surface area contributed by atoms with E-state index in [-0.39, 0.29) is 22.2 Å². The number of hydrogen-bond acceptors (Lipinski definition) is 5. The molecule has 0 unspecified atom stereocenters. The van der Waals surface area contributed by atoms with Crippen molar-refractivity contribution in [3.63, 3.8) is 0 Å². The Morgan fingerprint density at radius 1 is 1.12 bits per heavy atom. The van der Waals surface area contributed by atoms with Crippen LogP contribution >= 0.6 is 11.6 Å². The second-order valence-corrected chi connectivity index (χ2v) is 9.26. The molecule has 3 rings (SSSR count). The first-order chi connectivity index (χ1) is 15.7. The topological polar surface area (TPSA) is 85.4 Å². The largest absolute Gasteiger partial charge is 0.437 e. The van der Waals surface area contributed by atoms with Crippen LogP contribution in [0.1, 0.15) is 21.5 Å². The Bertz CT molecular complexity index is 1390. The highest BCUT2D eigenvalue weighted by molar-refractivity contribution is 7.89. The molecule has 0 radical (unpaired) electrons. The van der Waals surface area contributed by atoms with Crippen LogP contribution in [-0.2, 0) is 16.2 Å². The maximum absolute atomic E-state index is 14.5. The van der Waals surface area contributed by atoms with Gasteiger partial charge in [-0.1, -0.05) is 11.6 Å². The van der Waals surface area contributed by atoms with Gasteiger partial charge in [-0.15, -0.1) is 0 Å². The van der Waals surface area contributed by atoms with Gasteiger partial charge in [0.25, 0.3) is 5.91 Å². The first kappa shape index (κ1) is 25.4. The molecule has 0 atom stereocenters. The lowest BCUT2D eigenvalue weighted by atomic mass is 9.99. The number of nitrogens with one attached hydrogen (secondary N) is 1. The number of ether oxygens (including phenoxy) is 1. The fraction of sp³-hybridized carbons (Fsp3) is 0.143. The van der Waals surface area contributed by atoms with Crippen LogP contribution in [0, 0.1) is 18.6 Å². The number of alkyl halides is 3. The van der Waals surface area contributed by atoms with Crippen molar-refractivity contribution in [1.82, 2.24) is 9.71 Å². The van der Waals surface area contributed by atoms with E-state index >= 15 is 0 Å². The van der Waals surface area contributed by atoms with Crippen molar-refractivity contribution in [2.24, 2.45) is 0 Å². The molecule has 1 amide bonds. The summed E-state index contributed by atoms with van der Waals surface area (Å²) >= 11 is 6.11. The van der Waals surface area contributed by atoms with Crippen LogP contribution in [-0.4, -0.2) is 25.6 Å². The molecule has 0 bridgehead atoms. The number of amides is 1. The van der Waals surface area contributed by atoms with Gasteiger partial charge in [0.05, 0.1) is 11.8 Å². The van der Waals surface area contributed by atoms with Crippen molar-refractivity contribution in [1.29, 1.82) is 0 Å². The molecule has 34 heavy (non-hydrogen) atoms. The molecule has 6 nitrogen and oxygen atoms in total. The van der Waals surface area contributed by atoms with Gasteiger partial charge in [-0.2, -0.15) is 13.2 Å². The lowest BCUT2D eigenvalue weighted by Gasteiger charge is -2.15. The SMILES string of the molecule is Cc1cc(C(=O)NS(C)(=O)=O)c(F)cc1-c1cnc(Oc2ccc(F)cc2C(F)(F)F)c(Cl)c1. The normalized spacial score (nSPS) is 11.9. The Hall–Kier alpha value is -3.25.